The highest BCUT2D eigenvalue weighted by molar-refractivity contribution is 7.15. The van der Waals surface area contributed by atoms with Crippen LogP contribution in [0.4, 0.5) is 11.4 Å². The lowest BCUT2D eigenvalue weighted by Crippen LogP contribution is -2.07. The van der Waals surface area contributed by atoms with Crippen LogP contribution in [0.15, 0.2) is 84.9 Å². The minimum absolute atomic E-state index is 0.0120. The maximum absolute atomic E-state index is 12.2. The molecule has 32 heavy (non-hydrogen) atoms. The van der Waals surface area contributed by atoms with Crippen molar-refractivity contribution < 1.29 is 9.72 Å². The maximum atomic E-state index is 12.2. The number of anilines is 1. The number of amides is 1. The highest BCUT2D eigenvalue weighted by Gasteiger charge is 2.11. The van der Waals surface area contributed by atoms with Gasteiger partial charge in [0.05, 0.1) is 10.6 Å². The van der Waals surface area contributed by atoms with Crippen molar-refractivity contribution in [3.05, 3.63) is 105 Å². The molecule has 158 valence electrons. The fourth-order valence-electron chi connectivity index (χ4n) is 3.14. The van der Waals surface area contributed by atoms with Gasteiger partial charge in [-0.3, -0.25) is 14.9 Å². The summed E-state index contributed by atoms with van der Waals surface area (Å²) in [5.74, 6) is -0.285. The van der Waals surface area contributed by atoms with Crippen LogP contribution in [0.1, 0.15) is 10.4 Å². The molecular formula is C25H19N3O3S. The van der Waals surface area contributed by atoms with E-state index < -0.39 is 4.92 Å². The number of nitro groups is 1. The number of benzene rings is 3. The van der Waals surface area contributed by atoms with E-state index in [1.165, 1.54) is 18.2 Å². The third-order valence-corrected chi connectivity index (χ3v) is 5.79. The van der Waals surface area contributed by atoms with Crippen molar-refractivity contribution in [3.63, 3.8) is 0 Å². The number of hydrogen-bond acceptors (Lipinski definition) is 5. The molecule has 0 spiro atoms. The van der Waals surface area contributed by atoms with E-state index in [9.17, 15) is 14.9 Å². The molecular weight excluding hydrogens is 422 g/mol. The van der Waals surface area contributed by atoms with Gasteiger partial charge in [-0.1, -0.05) is 42.5 Å². The summed E-state index contributed by atoms with van der Waals surface area (Å²) < 4.78 is 0. The van der Waals surface area contributed by atoms with Gasteiger partial charge in [0.15, 0.2) is 0 Å². The first-order valence-corrected chi connectivity index (χ1v) is 10.7. The molecule has 0 bridgehead atoms. The van der Waals surface area contributed by atoms with Gasteiger partial charge in [-0.05, 0) is 42.8 Å². The van der Waals surface area contributed by atoms with Crippen LogP contribution in [0, 0.1) is 17.0 Å². The molecule has 1 heterocycles. The smallest absolute Gasteiger partial charge is 0.269 e. The Balaban J connectivity index is 1.42. The summed E-state index contributed by atoms with van der Waals surface area (Å²) in [5, 5.41) is 14.5. The summed E-state index contributed by atoms with van der Waals surface area (Å²) in [7, 11) is 0. The van der Waals surface area contributed by atoms with Crippen LogP contribution >= 0.6 is 11.3 Å². The van der Waals surface area contributed by atoms with E-state index in [0.717, 1.165) is 26.7 Å². The predicted octanol–water partition coefficient (Wildman–Crippen LogP) is 6.35. The summed E-state index contributed by atoms with van der Waals surface area (Å²) >= 11 is 1.66. The van der Waals surface area contributed by atoms with Crippen LogP contribution in [-0.2, 0) is 4.79 Å². The molecule has 4 rings (SSSR count). The van der Waals surface area contributed by atoms with Gasteiger partial charge in [0, 0.05) is 39.9 Å². The predicted molar refractivity (Wildman–Crippen MR) is 128 cm³/mol. The summed E-state index contributed by atoms with van der Waals surface area (Å²) in [6.07, 6.45) is 3.00. The topological polar surface area (TPSA) is 85.1 Å². The summed E-state index contributed by atoms with van der Waals surface area (Å²) in [4.78, 5) is 28.4. The molecule has 0 saturated carbocycles. The minimum atomic E-state index is -0.459. The van der Waals surface area contributed by atoms with Crippen molar-refractivity contribution in [1.82, 2.24) is 4.98 Å². The van der Waals surface area contributed by atoms with Crippen LogP contribution in [0.25, 0.3) is 27.9 Å². The second kappa shape index (κ2) is 9.36. The molecule has 0 unspecified atom stereocenters. The van der Waals surface area contributed by atoms with Crippen molar-refractivity contribution in [2.45, 2.75) is 6.92 Å². The van der Waals surface area contributed by atoms with E-state index in [4.69, 9.17) is 4.98 Å². The third kappa shape index (κ3) is 4.96. The molecule has 1 N–H and O–H groups in total. The third-order valence-electron chi connectivity index (χ3n) is 4.77. The second-order valence-corrected chi connectivity index (χ2v) is 8.24. The minimum Gasteiger partial charge on any atom is -0.323 e. The van der Waals surface area contributed by atoms with E-state index in [2.05, 4.69) is 12.2 Å². The number of aryl methyl sites for hydroxylation is 1. The summed E-state index contributed by atoms with van der Waals surface area (Å²) in [6.45, 7) is 2.05. The second-order valence-electron chi connectivity index (χ2n) is 7.04. The first-order chi connectivity index (χ1) is 15.5. The fraction of sp³-hybridized carbons (Fsp3) is 0.0400. The Morgan fingerprint density at radius 1 is 0.969 bits per heavy atom. The average Bonchev–Trinajstić information content (AvgIpc) is 3.20. The molecule has 3 aromatic carbocycles. The number of nitrogens with zero attached hydrogens (tertiary/aromatic N) is 2. The van der Waals surface area contributed by atoms with Crippen molar-refractivity contribution in [2.75, 3.05) is 5.32 Å². The molecule has 0 saturated heterocycles. The van der Waals surface area contributed by atoms with Crippen LogP contribution < -0.4 is 5.32 Å². The number of carbonyl (C=O) groups excluding carboxylic acids is 1. The lowest BCUT2D eigenvalue weighted by molar-refractivity contribution is -0.384. The lowest BCUT2D eigenvalue weighted by Gasteiger charge is -2.04. The van der Waals surface area contributed by atoms with E-state index in [1.54, 1.807) is 29.5 Å². The van der Waals surface area contributed by atoms with Gasteiger partial charge < -0.3 is 5.32 Å². The number of rotatable bonds is 6. The molecule has 0 aliphatic rings. The number of carbonyl (C=O) groups is 1. The molecule has 0 aliphatic carbocycles. The first-order valence-electron chi connectivity index (χ1n) is 9.86. The SMILES string of the molecule is Cc1sc(-c2ccccc2)nc1-c1ccc(NC(=O)/C=C/c2ccc([N+](=O)[O-])cc2)cc1. The summed E-state index contributed by atoms with van der Waals surface area (Å²) in [6, 6.07) is 23.6. The summed E-state index contributed by atoms with van der Waals surface area (Å²) in [5.41, 5.74) is 4.40. The Morgan fingerprint density at radius 2 is 1.66 bits per heavy atom. The normalized spacial score (nSPS) is 10.9. The van der Waals surface area contributed by atoms with Gasteiger partial charge in [-0.25, -0.2) is 4.98 Å². The van der Waals surface area contributed by atoms with E-state index in [1.807, 2.05) is 54.6 Å². The molecule has 0 fully saturated rings. The van der Waals surface area contributed by atoms with Crippen molar-refractivity contribution in [1.29, 1.82) is 0 Å². The van der Waals surface area contributed by atoms with Gasteiger partial charge >= 0.3 is 0 Å². The van der Waals surface area contributed by atoms with Crippen LogP contribution in [0.2, 0.25) is 0 Å². The van der Waals surface area contributed by atoms with Gasteiger partial charge in [0.25, 0.3) is 5.69 Å². The fourth-order valence-corrected chi connectivity index (χ4v) is 4.08. The number of nitrogens with one attached hydrogen (secondary N) is 1. The largest absolute Gasteiger partial charge is 0.323 e. The Kier molecular flexibility index (Phi) is 6.19. The zero-order chi connectivity index (χ0) is 22.5. The van der Waals surface area contributed by atoms with Gasteiger partial charge in [-0.15, -0.1) is 11.3 Å². The van der Waals surface area contributed by atoms with Crippen molar-refractivity contribution in [3.8, 4) is 21.8 Å². The molecule has 4 aromatic rings. The van der Waals surface area contributed by atoms with Crippen LogP contribution in [0.5, 0.6) is 0 Å². The van der Waals surface area contributed by atoms with Crippen LogP contribution in [0.3, 0.4) is 0 Å². The highest BCUT2D eigenvalue weighted by Crippen LogP contribution is 2.33. The van der Waals surface area contributed by atoms with Crippen molar-refractivity contribution in [2.24, 2.45) is 0 Å². The lowest BCUT2D eigenvalue weighted by atomic mass is 10.1. The maximum Gasteiger partial charge on any atom is 0.269 e. The van der Waals surface area contributed by atoms with E-state index in [-0.39, 0.29) is 11.6 Å². The Labute approximate surface area is 189 Å². The molecule has 0 radical (unpaired) electrons. The number of thiazole rings is 1. The molecule has 0 aliphatic heterocycles. The molecule has 1 amide bonds. The number of non-ortho nitro benzene ring substituents is 1. The quantitative estimate of drug-likeness (QED) is 0.215. The Bertz CT molecular complexity index is 1280. The zero-order valence-corrected chi connectivity index (χ0v) is 18.0. The highest BCUT2D eigenvalue weighted by atomic mass is 32.1. The monoisotopic (exact) mass is 441 g/mol. The average molecular weight is 442 g/mol. The molecule has 0 atom stereocenters. The Hall–Kier alpha value is -4.10. The molecule has 6 nitrogen and oxygen atoms in total. The number of hydrogen-bond donors (Lipinski definition) is 1. The first kappa shape index (κ1) is 21.1. The van der Waals surface area contributed by atoms with Crippen LogP contribution in [-0.4, -0.2) is 15.8 Å². The zero-order valence-electron chi connectivity index (χ0n) is 17.2. The van der Waals surface area contributed by atoms with Crippen molar-refractivity contribution >= 4 is 34.7 Å². The molecule has 1 aromatic heterocycles. The number of aromatic nitrogens is 1. The van der Waals surface area contributed by atoms with Gasteiger partial charge in [0.1, 0.15) is 5.01 Å². The molecule has 7 heteroatoms. The Morgan fingerprint density at radius 3 is 2.31 bits per heavy atom. The van der Waals surface area contributed by atoms with Gasteiger partial charge in [-0.2, -0.15) is 0 Å². The van der Waals surface area contributed by atoms with E-state index in [0.29, 0.717) is 11.3 Å². The standard InChI is InChI=1S/C25H19N3O3S/c1-17-24(27-25(32-17)20-5-3-2-4-6-20)19-10-12-21(13-11-19)26-23(29)16-9-18-7-14-22(15-8-18)28(30)31/h2-16H,1H3,(H,26,29)/b16-9+. The number of nitro benzene ring substituents is 1. The van der Waals surface area contributed by atoms with Gasteiger partial charge in [0.2, 0.25) is 5.91 Å². The van der Waals surface area contributed by atoms with E-state index >= 15 is 0 Å².